The second-order valence-electron chi connectivity index (χ2n) is 4.95. The summed E-state index contributed by atoms with van der Waals surface area (Å²) >= 11 is 0. The first-order valence-electron chi connectivity index (χ1n) is 6.81. The Morgan fingerprint density at radius 3 is 2.72 bits per heavy atom. The quantitative estimate of drug-likeness (QED) is 0.687. The van der Waals surface area contributed by atoms with Crippen molar-refractivity contribution in [3.8, 4) is 5.75 Å². The number of imidazole rings is 1. The maximum atomic E-state index is 12.7. The number of ether oxygens (including phenoxy) is 1. The number of benzene rings is 1. The maximum absolute atomic E-state index is 12.7. The number of hydrogen-bond acceptors (Lipinski definition) is 4. The van der Waals surface area contributed by atoms with E-state index in [0.717, 1.165) is 12.1 Å². The van der Waals surface area contributed by atoms with Gasteiger partial charge in [-0.25, -0.2) is 4.98 Å². The summed E-state index contributed by atoms with van der Waals surface area (Å²) in [4.78, 5) is 10.9. The maximum Gasteiger partial charge on any atom is 2.00 e. The summed E-state index contributed by atoms with van der Waals surface area (Å²) in [5, 5.41) is 0.106. The van der Waals surface area contributed by atoms with Crippen LogP contribution in [0.25, 0.3) is 11.0 Å². The molecule has 1 atom stereocenters. The summed E-state index contributed by atoms with van der Waals surface area (Å²) in [7, 11) is -0.0635. The minimum atomic E-state index is -4.44. The topological polar surface area (TPSA) is 67.9 Å². The Bertz CT molecular complexity index is 925. The van der Waals surface area contributed by atoms with Crippen LogP contribution in [0.1, 0.15) is 14.1 Å². The molecule has 10 heteroatoms. The van der Waals surface area contributed by atoms with E-state index in [1.54, 1.807) is 12.1 Å². The first-order valence-corrected chi connectivity index (χ1v) is 8.13. The van der Waals surface area contributed by atoms with Gasteiger partial charge in [0.25, 0.3) is 0 Å². The van der Waals surface area contributed by atoms with Crippen molar-refractivity contribution >= 4 is 59.6 Å². The molecule has 0 aliphatic carbocycles. The zero-order chi connectivity index (χ0) is 17.3. The van der Waals surface area contributed by atoms with Gasteiger partial charge >= 0.3 is 43.9 Å². The molecule has 2 aromatic heterocycles. The minimum absolute atomic E-state index is 0. The van der Waals surface area contributed by atoms with E-state index < -0.39 is 22.5 Å². The van der Waals surface area contributed by atoms with E-state index >= 15 is 0 Å². The van der Waals surface area contributed by atoms with Gasteiger partial charge in [-0.15, -0.1) is 0 Å². The Balaban J connectivity index is 0.00000225. The van der Waals surface area contributed by atoms with Crippen LogP contribution in [0.2, 0.25) is 0 Å². The summed E-state index contributed by atoms with van der Waals surface area (Å²) in [6.45, 7) is 0. The van der Waals surface area contributed by atoms with Gasteiger partial charge in [-0.1, -0.05) is 0 Å². The molecular weight excluding hydrogens is 383 g/mol. The Labute approximate surface area is 176 Å². The third-order valence-electron chi connectivity index (χ3n) is 3.31. The number of rotatable bonds is 4. The molecule has 0 bridgehead atoms. The number of methoxy groups -OCH3 is 1. The molecule has 0 fully saturated rings. The summed E-state index contributed by atoms with van der Waals surface area (Å²) in [5.41, 5.74) is 0.256. The average Bonchev–Trinajstić information content (AvgIpc) is 2.97. The number of fused-ring (bicyclic) bond motifs is 1. The van der Waals surface area contributed by atoms with Gasteiger partial charge in [0.05, 0.1) is 46.0 Å². The Morgan fingerprint density at radius 2 is 2.04 bits per heavy atom. The van der Waals surface area contributed by atoms with Crippen LogP contribution in [0.5, 0.6) is 5.75 Å². The zero-order valence-electron chi connectivity index (χ0n) is 15.1. The second kappa shape index (κ2) is 8.03. The summed E-state index contributed by atoms with van der Waals surface area (Å²) in [5.74, 6) is 0.653. The van der Waals surface area contributed by atoms with Crippen molar-refractivity contribution in [2.24, 2.45) is 0 Å². The molecule has 130 valence electrons. The van der Waals surface area contributed by atoms with E-state index in [0.29, 0.717) is 17.0 Å². The molecule has 1 unspecified atom stereocenters. The number of nitrogens with zero attached hydrogens (tertiary/aromatic N) is 2. The number of aromatic nitrogens is 3. The zero-order valence-corrected chi connectivity index (χ0v) is 16.2. The Morgan fingerprint density at radius 1 is 1.28 bits per heavy atom. The fourth-order valence-corrected chi connectivity index (χ4v) is 3.12. The van der Waals surface area contributed by atoms with Gasteiger partial charge in [0.15, 0.2) is 5.16 Å². The molecule has 0 amide bonds. The van der Waals surface area contributed by atoms with Crippen molar-refractivity contribution in [3.63, 3.8) is 0 Å². The third-order valence-corrected chi connectivity index (χ3v) is 4.49. The average molecular weight is 397 g/mol. The van der Waals surface area contributed by atoms with Gasteiger partial charge in [-0.05, 0) is 24.3 Å². The molecule has 3 rings (SSSR count). The van der Waals surface area contributed by atoms with E-state index in [-0.39, 0.29) is 57.0 Å². The van der Waals surface area contributed by atoms with Gasteiger partial charge in [-0.2, -0.15) is 13.2 Å². The van der Waals surface area contributed by atoms with Gasteiger partial charge in [-0.3, -0.25) is 9.19 Å². The smallest absolute Gasteiger partial charge is 1.00 e. The summed E-state index contributed by atoms with van der Waals surface area (Å²) in [6, 6.07) is 6.44. The van der Waals surface area contributed by atoms with E-state index in [1.165, 1.54) is 19.4 Å². The molecular formula is C15H14CaF3N3O2S. The van der Waals surface area contributed by atoms with Crippen LogP contribution in [-0.2, 0) is 22.7 Å². The molecule has 0 radical (unpaired) electrons. The normalized spacial score (nSPS) is 12.6. The summed E-state index contributed by atoms with van der Waals surface area (Å²) < 4.78 is 55.6. The van der Waals surface area contributed by atoms with E-state index in [2.05, 4.69) is 15.0 Å². The number of hydrogen-bond donors (Lipinski definition) is 1. The van der Waals surface area contributed by atoms with Crippen LogP contribution in [0, 0.1) is 0 Å². The van der Waals surface area contributed by atoms with Crippen molar-refractivity contribution in [2.45, 2.75) is 17.1 Å². The third kappa shape index (κ3) is 4.72. The molecule has 1 aromatic carbocycles. The van der Waals surface area contributed by atoms with Crippen LogP contribution in [0.15, 0.2) is 41.7 Å². The molecule has 0 aliphatic rings. The van der Waals surface area contributed by atoms with Crippen LogP contribution >= 0.6 is 0 Å². The number of pyridine rings is 1. The van der Waals surface area contributed by atoms with Gasteiger partial charge in [0.2, 0.25) is 0 Å². The minimum Gasteiger partial charge on any atom is -1.00 e. The Kier molecular flexibility index (Phi) is 6.47. The number of alkyl halides is 3. The van der Waals surface area contributed by atoms with Gasteiger partial charge < -0.3 is 12.6 Å². The fraction of sp³-hybridized carbons (Fsp3) is 0.200. The van der Waals surface area contributed by atoms with Crippen LogP contribution in [0.4, 0.5) is 13.2 Å². The fourth-order valence-electron chi connectivity index (χ4n) is 2.14. The first kappa shape index (κ1) is 20.2. The van der Waals surface area contributed by atoms with Crippen LogP contribution < -0.4 is 4.74 Å². The molecule has 0 spiro atoms. The SMILES string of the molecule is COc1ccnc(CS(=O)c2nc3ccc(C(F)(F)F)cc3[nH]2)c1.[Ca+2].[H-].[H-]. The molecule has 3 aromatic rings. The van der Waals surface area contributed by atoms with E-state index in [9.17, 15) is 17.4 Å². The number of H-pyrrole nitrogens is 1. The van der Waals surface area contributed by atoms with Crippen LogP contribution in [0.3, 0.4) is 0 Å². The standard InChI is InChI=1S/C15H12F3N3O2S.Ca.2H/c1-23-11-4-5-19-10(7-11)8-24(22)14-20-12-3-2-9(15(16,17)18)6-13(12)21-14;;;/h2-7H,8H2,1H3,(H,20,21);;;/q;+2;2*-1. The largest absolute Gasteiger partial charge is 2.00 e. The van der Waals surface area contributed by atoms with E-state index in [1.807, 2.05) is 0 Å². The molecule has 0 saturated heterocycles. The molecule has 5 nitrogen and oxygen atoms in total. The molecule has 2 heterocycles. The predicted octanol–water partition coefficient (Wildman–Crippen LogP) is 3.14. The van der Waals surface area contributed by atoms with E-state index in [4.69, 9.17) is 4.74 Å². The van der Waals surface area contributed by atoms with Gasteiger partial charge in [0.1, 0.15) is 5.75 Å². The first-order chi connectivity index (χ1) is 11.4. The van der Waals surface area contributed by atoms with Crippen LogP contribution in [-0.4, -0.2) is 64.0 Å². The van der Waals surface area contributed by atoms with Crippen molar-refractivity contribution in [1.29, 1.82) is 0 Å². The second-order valence-corrected chi connectivity index (χ2v) is 6.31. The van der Waals surface area contributed by atoms with Gasteiger partial charge in [0, 0.05) is 12.3 Å². The molecule has 0 saturated carbocycles. The summed E-state index contributed by atoms with van der Waals surface area (Å²) in [6.07, 6.45) is -2.91. The Hall–Kier alpha value is -1.16. The number of aromatic amines is 1. The van der Waals surface area contributed by atoms with Crippen molar-refractivity contribution in [2.75, 3.05) is 7.11 Å². The number of halogens is 3. The molecule has 25 heavy (non-hydrogen) atoms. The predicted molar refractivity (Wildman–Crippen MR) is 90.0 cm³/mol. The van der Waals surface area contributed by atoms with Crippen molar-refractivity contribution < 1.29 is 25.0 Å². The monoisotopic (exact) mass is 397 g/mol. The van der Waals surface area contributed by atoms with Crippen molar-refractivity contribution in [3.05, 3.63) is 47.8 Å². The van der Waals surface area contributed by atoms with Crippen molar-refractivity contribution in [1.82, 2.24) is 15.0 Å². The number of nitrogens with one attached hydrogen (secondary N) is 1. The molecule has 1 N–H and O–H groups in total. The molecule has 0 aliphatic heterocycles.